The number of carbonyl (C=O) groups is 3. The van der Waals surface area contributed by atoms with Gasteiger partial charge in [-0.3, -0.25) is 14.4 Å². The number of allylic oxidation sites excluding steroid dienone is 6. The van der Waals surface area contributed by atoms with E-state index >= 15 is 0 Å². The Labute approximate surface area is 222 Å². The molecule has 0 fully saturated rings. The van der Waals surface area contributed by atoms with Crippen LogP contribution in [0.2, 0.25) is 0 Å². The molecule has 2 N–H and O–H groups in total. The fourth-order valence-corrected chi connectivity index (χ4v) is 3.23. The number of rotatable bonds is 13. The SMILES string of the molecule is CC(C)=CC/C=C(\C)CC(=O)Oc1ccc(C(=O)C(N)C(C)C)cc1OC(=O)C/C(C)=C/CC=C(C)C. The monoisotopic (exact) mass is 509 g/mol. The van der Waals surface area contributed by atoms with E-state index in [1.54, 1.807) is 0 Å². The standard InChI is InChI=1S/C31H43NO5/c1-20(2)11-9-13-23(7)17-28(33)36-26-16-15-25(31(35)30(32)22(5)6)19-27(26)37-29(34)18-24(8)14-10-12-21(3)4/h11-16,19,22,30H,9-10,17-18,32H2,1-8H3/b23-13+,24-14+. The summed E-state index contributed by atoms with van der Waals surface area (Å²) in [4.78, 5) is 38.1. The first-order chi connectivity index (χ1) is 17.3. The maximum Gasteiger partial charge on any atom is 0.315 e. The highest BCUT2D eigenvalue weighted by Crippen LogP contribution is 2.30. The average molecular weight is 510 g/mol. The van der Waals surface area contributed by atoms with E-state index in [1.807, 2.05) is 67.5 Å². The fraction of sp³-hybridized carbons (Fsp3) is 0.452. The summed E-state index contributed by atoms with van der Waals surface area (Å²) < 4.78 is 11.1. The largest absolute Gasteiger partial charge is 0.422 e. The van der Waals surface area contributed by atoms with Crippen molar-refractivity contribution in [3.8, 4) is 11.5 Å². The Morgan fingerprint density at radius 2 is 1.22 bits per heavy atom. The van der Waals surface area contributed by atoms with Gasteiger partial charge in [0.25, 0.3) is 0 Å². The molecule has 0 radical (unpaired) electrons. The molecule has 1 aromatic rings. The predicted molar refractivity (Wildman–Crippen MR) is 150 cm³/mol. The first-order valence-electron chi connectivity index (χ1n) is 12.7. The highest BCUT2D eigenvalue weighted by molar-refractivity contribution is 6.01. The van der Waals surface area contributed by atoms with Crippen LogP contribution in [0.25, 0.3) is 0 Å². The van der Waals surface area contributed by atoms with Crippen LogP contribution in [0.4, 0.5) is 0 Å². The molecule has 6 heteroatoms. The molecule has 1 atom stereocenters. The summed E-state index contributed by atoms with van der Waals surface area (Å²) in [6.07, 6.45) is 9.68. The van der Waals surface area contributed by atoms with E-state index in [2.05, 4.69) is 12.2 Å². The Hall–Kier alpha value is -3.25. The van der Waals surface area contributed by atoms with Gasteiger partial charge >= 0.3 is 11.9 Å². The zero-order valence-corrected chi connectivity index (χ0v) is 23.6. The molecule has 1 unspecified atom stereocenters. The summed E-state index contributed by atoms with van der Waals surface area (Å²) in [6.45, 7) is 15.5. The van der Waals surface area contributed by atoms with Crippen molar-refractivity contribution in [3.05, 3.63) is 70.4 Å². The molecule has 0 bridgehead atoms. The second kappa shape index (κ2) is 15.8. The molecule has 0 amide bonds. The zero-order chi connectivity index (χ0) is 28.1. The number of esters is 2. The number of carbonyl (C=O) groups excluding carboxylic acids is 3. The molecule has 0 aliphatic heterocycles. The molecule has 0 saturated carbocycles. The summed E-state index contributed by atoms with van der Waals surface area (Å²) in [5.74, 6) is -1.25. The number of ether oxygens (including phenoxy) is 2. The molecular formula is C31H43NO5. The lowest BCUT2D eigenvalue weighted by molar-refractivity contribution is -0.136. The highest BCUT2D eigenvalue weighted by atomic mass is 16.6. The van der Waals surface area contributed by atoms with Gasteiger partial charge in [0.05, 0.1) is 18.9 Å². The lowest BCUT2D eigenvalue weighted by Crippen LogP contribution is -2.35. The predicted octanol–water partition coefficient (Wildman–Crippen LogP) is 7.05. The van der Waals surface area contributed by atoms with E-state index in [4.69, 9.17) is 15.2 Å². The molecule has 1 aromatic carbocycles. The molecule has 202 valence electrons. The van der Waals surface area contributed by atoms with Crippen molar-refractivity contribution >= 4 is 17.7 Å². The number of Topliss-reactive ketones (excluding diaryl/α,β-unsaturated/α-hetero) is 1. The summed E-state index contributed by atoms with van der Waals surface area (Å²) in [5, 5.41) is 0. The van der Waals surface area contributed by atoms with Crippen molar-refractivity contribution in [2.45, 2.75) is 87.1 Å². The first-order valence-corrected chi connectivity index (χ1v) is 12.7. The third-order valence-electron chi connectivity index (χ3n) is 5.53. The van der Waals surface area contributed by atoms with Gasteiger partial charge in [-0.05, 0) is 78.5 Å². The van der Waals surface area contributed by atoms with E-state index in [9.17, 15) is 14.4 Å². The topological polar surface area (TPSA) is 95.7 Å². The Bertz CT molecular complexity index is 1080. The van der Waals surface area contributed by atoms with Gasteiger partial charge in [-0.15, -0.1) is 0 Å². The second-order valence-electron chi connectivity index (χ2n) is 10.2. The molecule has 0 aliphatic carbocycles. The molecule has 1 rings (SSSR count). The van der Waals surface area contributed by atoms with Crippen LogP contribution >= 0.6 is 0 Å². The van der Waals surface area contributed by atoms with Gasteiger partial charge in [0.15, 0.2) is 17.3 Å². The smallest absolute Gasteiger partial charge is 0.315 e. The van der Waals surface area contributed by atoms with Crippen LogP contribution in [0.15, 0.2) is 64.8 Å². The molecule has 0 heterocycles. The van der Waals surface area contributed by atoms with Crippen molar-refractivity contribution in [1.29, 1.82) is 0 Å². The average Bonchev–Trinajstić information content (AvgIpc) is 2.78. The quantitative estimate of drug-likeness (QED) is 0.132. The Balaban J connectivity index is 3.14. The van der Waals surface area contributed by atoms with Gasteiger partial charge in [0.1, 0.15) is 0 Å². The van der Waals surface area contributed by atoms with E-state index in [-0.39, 0.29) is 41.6 Å². The molecular weight excluding hydrogens is 466 g/mol. The van der Waals surface area contributed by atoms with Crippen molar-refractivity contribution in [2.75, 3.05) is 0 Å². The highest BCUT2D eigenvalue weighted by Gasteiger charge is 2.22. The second-order valence-corrected chi connectivity index (χ2v) is 10.2. The van der Waals surface area contributed by atoms with Crippen molar-refractivity contribution in [3.63, 3.8) is 0 Å². The molecule has 0 aliphatic rings. The van der Waals surface area contributed by atoms with E-state index in [0.29, 0.717) is 0 Å². The van der Waals surface area contributed by atoms with Gasteiger partial charge < -0.3 is 15.2 Å². The maximum atomic E-state index is 12.8. The number of benzene rings is 1. The van der Waals surface area contributed by atoms with Crippen LogP contribution in [-0.2, 0) is 9.59 Å². The van der Waals surface area contributed by atoms with Crippen LogP contribution in [0.5, 0.6) is 11.5 Å². The lowest BCUT2D eigenvalue weighted by atomic mass is 9.96. The van der Waals surface area contributed by atoms with Crippen molar-refractivity contribution < 1.29 is 23.9 Å². The van der Waals surface area contributed by atoms with Crippen molar-refractivity contribution in [2.24, 2.45) is 11.7 Å². The van der Waals surface area contributed by atoms with Crippen LogP contribution in [0.3, 0.4) is 0 Å². The fourth-order valence-electron chi connectivity index (χ4n) is 3.23. The number of nitrogens with two attached hydrogens (primary N) is 1. The Morgan fingerprint density at radius 3 is 1.65 bits per heavy atom. The number of ketones is 1. The third kappa shape index (κ3) is 12.5. The van der Waals surface area contributed by atoms with Gasteiger partial charge in [-0.25, -0.2) is 0 Å². The minimum Gasteiger partial charge on any atom is -0.422 e. The normalized spacial score (nSPS) is 12.6. The van der Waals surface area contributed by atoms with Crippen LogP contribution in [0.1, 0.15) is 91.4 Å². The van der Waals surface area contributed by atoms with E-state index < -0.39 is 18.0 Å². The van der Waals surface area contributed by atoms with Crippen LogP contribution in [0, 0.1) is 5.92 Å². The summed E-state index contributed by atoms with van der Waals surface area (Å²) in [7, 11) is 0. The molecule has 37 heavy (non-hydrogen) atoms. The van der Waals surface area contributed by atoms with Gasteiger partial charge in [0, 0.05) is 5.56 Å². The Morgan fingerprint density at radius 1 is 0.757 bits per heavy atom. The van der Waals surface area contributed by atoms with E-state index in [0.717, 1.165) is 24.0 Å². The van der Waals surface area contributed by atoms with Gasteiger partial charge in [0.2, 0.25) is 0 Å². The van der Waals surface area contributed by atoms with E-state index in [1.165, 1.54) is 29.3 Å². The zero-order valence-electron chi connectivity index (χ0n) is 23.6. The maximum absolute atomic E-state index is 12.8. The molecule has 0 saturated heterocycles. The molecule has 0 aromatic heterocycles. The summed E-state index contributed by atoms with van der Waals surface area (Å²) in [5.41, 5.74) is 10.5. The summed E-state index contributed by atoms with van der Waals surface area (Å²) in [6, 6.07) is 3.73. The summed E-state index contributed by atoms with van der Waals surface area (Å²) >= 11 is 0. The van der Waals surface area contributed by atoms with Crippen molar-refractivity contribution in [1.82, 2.24) is 0 Å². The number of hydrogen-bond donors (Lipinski definition) is 1. The lowest BCUT2D eigenvalue weighted by Gasteiger charge is -2.16. The number of hydrogen-bond acceptors (Lipinski definition) is 6. The minimum absolute atomic E-state index is 0.0171. The minimum atomic E-state index is -0.703. The van der Waals surface area contributed by atoms with Crippen LogP contribution < -0.4 is 15.2 Å². The first kappa shape index (κ1) is 31.8. The van der Waals surface area contributed by atoms with Crippen LogP contribution in [-0.4, -0.2) is 23.8 Å². The third-order valence-corrected chi connectivity index (χ3v) is 5.53. The Kier molecular flexibility index (Phi) is 13.5. The van der Waals surface area contributed by atoms with Gasteiger partial charge in [-0.2, -0.15) is 0 Å². The molecule has 0 spiro atoms. The van der Waals surface area contributed by atoms with Gasteiger partial charge in [-0.1, -0.05) is 60.4 Å². The molecule has 6 nitrogen and oxygen atoms in total.